The second kappa shape index (κ2) is 4.05. The quantitative estimate of drug-likeness (QED) is 0.857. The highest BCUT2D eigenvalue weighted by molar-refractivity contribution is 5.32. The van der Waals surface area contributed by atoms with E-state index < -0.39 is 11.1 Å². The minimum absolute atomic E-state index is 0.0528. The summed E-state index contributed by atoms with van der Waals surface area (Å²) >= 11 is 0. The summed E-state index contributed by atoms with van der Waals surface area (Å²) in [5, 5.41) is 0. The summed E-state index contributed by atoms with van der Waals surface area (Å²) < 4.78 is 15.2. The van der Waals surface area contributed by atoms with E-state index >= 15 is 4.39 Å². The minimum atomic E-state index is -1.38. The molecule has 0 spiro atoms. The Kier molecular flexibility index (Phi) is 2.98. The van der Waals surface area contributed by atoms with Gasteiger partial charge in [-0.2, -0.15) is 0 Å². The van der Waals surface area contributed by atoms with E-state index in [0.29, 0.717) is 0 Å². The van der Waals surface area contributed by atoms with Crippen LogP contribution in [-0.4, -0.2) is 17.2 Å². The molecule has 2 nitrogen and oxygen atoms in total. The Labute approximate surface area is 102 Å². The zero-order valence-corrected chi connectivity index (χ0v) is 10.8. The molecule has 2 atom stereocenters. The van der Waals surface area contributed by atoms with Gasteiger partial charge >= 0.3 is 0 Å². The van der Waals surface area contributed by atoms with Crippen molar-refractivity contribution < 1.29 is 4.39 Å². The first-order chi connectivity index (χ1) is 7.90. The molecular formula is C14H21FN2. The van der Waals surface area contributed by atoms with E-state index in [0.717, 1.165) is 18.5 Å². The van der Waals surface area contributed by atoms with Crippen molar-refractivity contribution in [3.8, 4) is 0 Å². The maximum atomic E-state index is 15.2. The largest absolute Gasteiger partial charge is 0.327 e. The third-order valence-electron chi connectivity index (χ3n) is 4.05. The average Bonchev–Trinajstić information content (AvgIpc) is 2.70. The lowest BCUT2D eigenvalue weighted by Crippen LogP contribution is -2.49. The second-order valence-corrected chi connectivity index (χ2v) is 5.96. The van der Waals surface area contributed by atoms with Crippen molar-refractivity contribution in [3.63, 3.8) is 0 Å². The molecule has 0 aromatic carbocycles. The van der Waals surface area contributed by atoms with Gasteiger partial charge in [0.25, 0.3) is 0 Å². The highest BCUT2D eigenvalue weighted by atomic mass is 19.1. The predicted octanol–water partition coefficient (Wildman–Crippen LogP) is 2.82. The van der Waals surface area contributed by atoms with Crippen LogP contribution >= 0.6 is 0 Å². The van der Waals surface area contributed by atoms with Gasteiger partial charge in [-0.3, -0.25) is 4.98 Å². The van der Waals surface area contributed by atoms with Crippen LogP contribution in [0.15, 0.2) is 18.3 Å². The first-order valence-corrected chi connectivity index (χ1v) is 6.23. The second-order valence-electron chi connectivity index (χ2n) is 5.96. The fourth-order valence-corrected chi connectivity index (χ4v) is 2.83. The first-order valence-electron chi connectivity index (χ1n) is 6.23. The maximum Gasteiger partial charge on any atom is 0.136 e. The van der Waals surface area contributed by atoms with Crippen molar-refractivity contribution in [2.45, 2.75) is 45.2 Å². The Hall–Kier alpha value is -0.960. The molecule has 0 radical (unpaired) electrons. The van der Waals surface area contributed by atoms with E-state index in [9.17, 15) is 0 Å². The number of halogens is 1. The summed E-state index contributed by atoms with van der Waals surface area (Å²) in [6.07, 6.45) is 3.48. The number of nitrogens with two attached hydrogens (primary N) is 1. The van der Waals surface area contributed by atoms with Gasteiger partial charge in [-0.05, 0) is 29.9 Å². The lowest BCUT2D eigenvalue weighted by Gasteiger charge is -2.41. The number of nitrogens with zero attached hydrogens (tertiary/aromatic N) is 1. The van der Waals surface area contributed by atoms with E-state index in [4.69, 9.17) is 5.73 Å². The monoisotopic (exact) mass is 236 g/mol. The van der Waals surface area contributed by atoms with Gasteiger partial charge in [0.1, 0.15) is 5.67 Å². The number of hydrogen-bond acceptors (Lipinski definition) is 2. The Morgan fingerprint density at radius 1 is 1.47 bits per heavy atom. The molecule has 2 rings (SSSR count). The Morgan fingerprint density at radius 2 is 2.18 bits per heavy atom. The lowest BCUT2D eigenvalue weighted by molar-refractivity contribution is 0.00900. The van der Waals surface area contributed by atoms with Gasteiger partial charge in [-0.15, -0.1) is 0 Å². The van der Waals surface area contributed by atoms with Gasteiger partial charge < -0.3 is 5.73 Å². The number of aromatic nitrogens is 1. The van der Waals surface area contributed by atoms with Crippen LogP contribution in [-0.2, 0) is 6.42 Å². The van der Waals surface area contributed by atoms with Crippen LogP contribution in [0.25, 0.3) is 0 Å². The average molecular weight is 236 g/mol. The zero-order chi connectivity index (χ0) is 12.7. The molecule has 94 valence electrons. The third-order valence-corrected chi connectivity index (χ3v) is 4.05. The van der Waals surface area contributed by atoms with Crippen molar-refractivity contribution in [2.75, 3.05) is 6.54 Å². The molecule has 0 saturated carbocycles. The Balaban J connectivity index is 2.42. The molecular weight excluding hydrogens is 215 g/mol. The maximum absolute atomic E-state index is 15.2. The summed E-state index contributed by atoms with van der Waals surface area (Å²) in [6.45, 7) is 5.81. The third kappa shape index (κ3) is 1.86. The molecule has 3 heteroatoms. The molecule has 1 aromatic rings. The Bertz CT molecular complexity index is 411. The first kappa shape index (κ1) is 12.5. The van der Waals surface area contributed by atoms with Crippen molar-refractivity contribution >= 4 is 0 Å². The molecule has 1 aliphatic carbocycles. The SMILES string of the molecule is CC(C)(C)C(F)(CN)C1CCc2cccnc21. The van der Waals surface area contributed by atoms with Gasteiger partial charge in [0.15, 0.2) is 0 Å². The molecule has 0 saturated heterocycles. The molecule has 2 N–H and O–H groups in total. The summed E-state index contributed by atoms with van der Waals surface area (Å²) in [4.78, 5) is 4.37. The molecule has 1 heterocycles. The molecule has 0 aliphatic heterocycles. The van der Waals surface area contributed by atoms with Crippen LogP contribution in [0.5, 0.6) is 0 Å². The number of alkyl halides is 1. The minimum Gasteiger partial charge on any atom is -0.327 e. The van der Waals surface area contributed by atoms with Crippen molar-refractivity contribution in [1.29, 1.82) is 0 Å². The van der Waals surface area contributed by atoms with Crippen LogP contribution in [0, 0.1) is 5.41 Å². The molecule has 1 aromatic heterocycles. The van der Waals surface area contributed by atoms with E-state index in [1.807, 2.05) is 32.9 Å². The molecule has 17 heavy (non-hydrogen) atoms. The van der Waals surface area contributed by atoms with Crippen molar-refractivity contribution in [3.05, 3.63) is 29.6 Å². The molecule has 1 aliphatic rings. The fourth-order valence-electron chi connectivity index (χ4n) is 2.83. The number of fused-ring (bicyclic) bond motifs is 1. The smallest absolute Gasteiger partial charge is 0.136 e. The number of aryl methyl sites for hydroxylation is 1. The van der Waals surface area contributed by atoms with Crippen LogP contribution < -0.4 is 5.73 Å². The summed E-state index contributed by atoms with van der Waals surface area (Å²) in [6, 6.07) is 3.96. The van der Waals surface area contributed by atoms with Crippen LogP contribution in [0.4, 0.5) is 4.39 Å². The summed E-state index contributed by atoms with van der Waals surface area (Å²) in [7, 11) is 0. The van der Waals surface area contributed by atoms with Crippen molar-refractivity contribution in [1.82, 2.24) is 4.98 Å². The lowest BCUT2D eigenvalue weighted by atomic mass is 9.69. The predicted molar refractivity (Wildman–Crippen MR) is 67.6 cm³/mol. The molecule has 0 fully saturated rings. The van der Waals surface area contributed by atoms with E-state index in [-0.39, 0.29) is 12.5 Å². The van der Waals surface area contributed by atoms with Gasteiger partial charge in [0.05, 0.1) is 0 Å². The summed E-state index contributed by atoms with van der Waals surface area (Å²) in [5.74, 6) is -0.163. The highest BCUT2D eigenvalue weighted by Gasteiger charge is 2.50. The van der Waals surface area contributed by atoms with E-state index in [1.165, 1.54) is 5.56 Å². The summed E-state index contributed by atoms with van der Waals surface area (Å²) in [5.41, 5.74) is 5.97. The van der Waals surface area contributed by atoms with Gasteiger partial charge in [-0.1, -0.05) is 26.8 Å². The number of pyridine rings is 1. The van der Waals surface area contributed by atoms with Gasteiger partial charge in [0, 0.05) is 24.4 Å². The number of hydrogen-bond donors (Lipinski definition) is 1. The van der Waals surface area contributed by atoms with Gasteiger partial charge in [-0.25, -0.2) is 4.39 Å². The van der Waals surface area contributed by atoms with Crippen LogP contribution in [0.3, 0.4) is 0 Å². The molecule has 2 unspecified atom stereocenters. The van der Waals surface area contributed by atoms with E-state index in [2.05, 4.69) is 4.98 Å². The topological polar surface area (TPSA) is 38.9 Å². The Morgan fingerprint density at radius 3 is 2.76 bits per heavy atom. The van der Waals surface area contributed by atoms with Gasteiger partial charge in [0.2, 0.25) is 0 Å². The number of rotatable bonds is 2. The normalized spacial score (nSPS) is 23.2. The van der Waals surface area contributed by atoms with Crippen LogP contribution in [0.2, 0.25) is 0 Å². The van der Waals surface area contributed by atoms with Crippen LogP contribution in [0.1, 0.15) is 44.4 Å². The molecule has 0 amide bonds. The standard InChI is InChI=1S/C14H21FN2/c1-13(2,3)14(15,9-16)11-7-6-10-5-4-8-17-12(10)11/h4-5,8,11H,6-7,9,16H2,1-3H3. The molecule has 0 bridgehead atoms. The highest BCUT2D eigenvalue weighted by Crippen LogP contribution is 2.49. The zero-order valence-electron chi connectivity index (χ0n) is 10.8. The van der Waals surface area contributed by atoms with E-state index in [1.54, 1.807) is 6.20 Å². The van der Waals surface area contributed by atoms with Crippen molar-refractivity contribution in [2.24, 2.45) is 11.1 Å². The fraction of sp³-hybridized carbons (Fsp3) is 0.643.